The molecule has 0 aliphatic carbocycles. The molecular weight excluding hydrogens is 532 g/mol. The highest BCUT2D eigenvalue weighted by atomic mass is 16.6. The molecule has 0 heterocycles. The van der Waals surface area contributed by atoms with Crippen molar-refractivity contribution in [1.82, 2.24) is 5.32 Å². The average molecular weight is 577 g/mol. The van der Waals surface area contributed by atoms with E-state index in [1.165, 1.54) is 0 Å². The van der Waals surface area contributed by atoms with Crippen molar-refractivity contribution in [3.05, 3.63) is 35.9 Å². The second-order valence-electron chi connectivity index (χ2n) is 9.79. The molecule has 1 rings (SSSR count). The molecule has 0 aliphatic rings. The molecule has 0 spiro atoms. The molecule has 14 nitrogen and oxygen atoms in total. The van der Waals surface area contributed by atoms with Crippen LogP contribution < -0.4 is 34.0 Å². The summed E-state index contributed by atoms with van der Waals surface area (Å²) in [6, 6.07) is 7.38. The average Bonchev–Trinajstić information content (AvgIpc) is 2.89. The Morgan fingerprint density at radius 2 is 1.41 bits per heavy atom. The molecule has 0 aliphatic heterocycles. The van der Waals surface area contributed by atoms with Gasteiger partial charge in [0.25, 0.3) is 0 Å². The maximum absolute atomic E-state index is 13.5. The van der Waals surface area contributed by atoms with Gasteiger partial charge in [-0.3, -0.25) is 24.4 Å². The van der Waals surface area contributed by atoms with Crippen molar-refractivity contribution >= 4 is 35.7 Å². The number of nitrogens with one attached hydrogen (secondary N) is 1. The minimum Gasteiger partial charge on any atom is -0.481 e. The molecule has 0 saturated carbocycles. The predicted octanol–water partition coefficient (Wildman–Crippen LogP) is 0.0136. The number of benzene rings is 1. The zero-order valence-electron chi connectivity index (χ0n) is 23.4. The Kier molecular flexibility index (Phi) is 16.1. The van der Waals surface area contributed by atoms with Crippen LogP contribution in [0.5, 0.6) is 0 Å². The maximum atomic E-state index is 13.5. The molecule has 41 heavy (non-hydrogen) atoms. The van der Waals surface area contributed by atoms with Gasteiger partial charge >= 0.3 is 17.9 Å². The molecule has 0 bridgehead atoms. The van der Waals surface area contributed by atoms with E-state index in [1.807, 2.05) is 0 Å². The number of ether oxygens (including phenoxy) is 1. The van der Waals surface area contributed by atoms with Gasteiger partial charge in [-0.05, 0) is 31.2 Å². The molecule has 2 atom stereocenters. The molecule has 12 N–H and O–H groups in total. The normalized spacial score (nSPS) is 12.8. The molecule has 228 valence electrons. The molecule has 0 aromatic heterocycles. The quantitative estimate of drug-likeness (QED) is 0.0357. The monoisotopic (exact) mass is 576 g/mol. The Labute approximate surface area is 240 Å². The number of carbonyl (C=O) groups excluding carboxylic acids is 3. The van der Waals surface area contributed by atoms with Crippen LogP contribution in [0.25, 0.3) is 0 Å². The topological polar surface area (TPSA) is 265 Å². The van der Waals surface area contributed by atoms with Crippen LogP contribution in [0.3, 0.4) is 0 Å². The number of carbonyl (C=O) groups is 4. The number of nitrogens with zero attached hydrogens (tertiary/aromatic N) is 2. The molecule has 14 heteroatoms. The van der Waals surface area contributed by atoms with Crippen molar-refractivity contribution < 1.29 is 29.0 Å². The number of unbranched alkanes of at least 4 members (excludes halogenated alkanes) is 5. The number of amides is 1. The summed E-state index contributed by atoms with van der Waals surface area (Å²) in [7, 11) is 0. The maximum Gasteiger partial charge on any atom is 0.339 e. The number of carboxylic acids is 1. The molecule has 0 fully saturated rings. The fraction of sp³-hybridized carbons (Fsp3) is 0.556. The summed E-state index contributed by atoms with van der Waals surface area (Å²) in [5, 5.41) is 11.7. The second kappa shape index (κ2) is 19.0. The smallest absolute Gasteiger partial charge is 0.339 e. The summed E-state index contributed by atoms with van der Waals surface area (Å²) < 4.78 is 5.24. The second-order valence-corrected chi connectivity index (χ2v) is 9.79. The highest BCUT2D eigenvalue weighted by Gasteiger charge is 2.43. The van der Waals surface area contributed by atoms with Gasteiger partial charge in [0, 0.05) is 25.9 Å². The van der Waals surface area contributed by atoms with Crippen molar-refractivity contribution in [2.24, 2.45) is 38.7 Å². The van der Waals surface area contributed by atoms with Gasteiger partial charge in [0.2, 0.25) is 5.91 Å². The number of hydrogen-bond acceptors (Lipinski definition) is 8. The highest BCUT2D eigenvalue weighted by molar-refractivity contribution is 5.96. The minimum absolute atomic E-state index is 0.00380. The summed E-state index contributed by atoms with van der Waals surface area (Å²) in [5.41, 5.74) is 26.1. The SMILES string of the molecule is NC(N)=NCCCCCCCCC(=O)OC(=O)[C@@](CCCN=C(N)N)(Cc1ccccc1)NC(=O)[C@@H](N)CC(=O)O. The lowest BCUT2D eigenvalue weighted by molar-refractivity contribution is -0.166. The van der Waals surface area contributed by atoms with Crippen LogP contribution in [0.15, 0.2) is 40.3 Å². The van der Waals surface area contributed by atoms with Gasteiger partial charge < -0.3 is 43.8 Å². The summed E-state index contributed by atoms with van der Waals surface area (Å²) in [6.45, 7) is 0.717. The van der Waals surface area contributed by atoms with E-state index >= 15 is 0 Å². The lowest BCUT2D eigenvalue weighted by atomic mass is 9.85. The molecule has 1 amide bonds. The predicted molar refractivity (Wildman–Crippen MR) is 155 cm³/mol. The third-order valence-electron chi connectivity index (χ3n) is 6.18. The zero-order chi connectivity index (χ0) is 30.7. The Morgan fingerprint density at radius 3 is 2.00 bits per heavy atom. The number of carboxylic acid groups (broad SMARTS) is 1. The lowest BCUT2D eigenvalue weighted by Crippen LogP contribution is -2.60. The van der Waals surface area contributed by atoms with Crippen molar-refractivity contribution in [3.8, 4) is 0 Å². The van der Waals surface area contributed by atoms with Gasteiger partial charge in [-0.15, -0.1) is 0 Å². The first-order valence-electron chi connectivity index (χ1n) is 13.6. The van der Waals surface area contributed by atoms with Gasteiger partial charge in [-0.2, -0.15) is 0 Å². The third-order valence-corrected chi connectivity index (χ3v) is 6.18. The van der Waals surface area contributed by atoms with E-state index in [2.05, 4.69) is 15.3 Å². The summed E-state index contributed by atoms with van der Waals surface area (Å²) in [5.74, 6) is -3.91. The summed E-state index contributed by atoms with van der Waals surface area (Å²) in [6.07, 6.45) is 4.51. The van der Waals surface area contributed by atoms with E-state index in [1.54, 1.807) is 30.3 Å². The van der Waals surface area contributed by atoms with Crippen LogP contribution in [-0.4, -0.2) is 65.5 Å². The first-order valence-corrected chi connectivity index (χ1v) is 13.6. The lowest BCUT2D eigenvalue weighted by Gasteiger charge is -2.33. The van der Waals surface area contributed by atoms with Gasteiger partial charge in [-0.25, -0.2) is 4.79 Å². The highest BCUT2D eigenvalue weighted by Crippen LogP contribution is 2.23. The van der Waals surface area contributed by atoms with E-state index < -0.39 is 41.8 Å². The van der Waals surface area contributed by atoms with Crippen LogP contribution in [-0.2, 0) is 30.3 Å². The zero-order valence-corrected chi connectivity index (χ0v) is 23.4. The van der Waals surface area contributed by atoms with E-state index in [-0.39, 0.29) is 44.1 Å². The third kappa shape index (κ3) is 15.2. The van der Waals surface area contributed by atoms with Crippen molar-refractivity contribution in [2.45, 2.75) is 82.2 Å². The van der Waals surface area contributed by atoms with E-state index in [0.29, 0.717) is 18.5 Å². The molecular formula is C27H44N8O6. The van der Waals surface area contributed by atoms with E-state index in [9.17, 15) is 19.2 Å². The largest absolute Gasteiger partial charge is 0.481 e. The molecule has 1 aromatic rings. The van der Waals surface area contributed by atoms with Crippen LogP contribution >= 0.6 is 0 Å². The van der Waals surface area contributed by atoms with E-state index in [4.69, 9.17) is 38.5 Å². The van der Waals surface area contributed by atoms with Gasteiger partial charge in [-0.1, -0.05) is 56.0 Å². The fourth-order valence-electron chi connectivity index (χ4n) is 4.11. The molecule has 1 aromatic carbocycles. The molecule has 0 saturated heterocycles. The number of hydrogen-bond donors (Lipinski definition) is 7. The fourth-order valence-corrected chi connectivity index (χ4v) is 4.11. The first kappa shape index (κ1) is 34.8. The molecule has 0 radical (unpaired) electrons. The number of rotatable bonds is 20. The number of aliphatic carboxylic acids is 1. The van der Waals surface area contributed by atoms with Gasteiger partial charge in [0.1, 0.15) is 5.54 Å². The Morgan fingerprint density at radius 1 is 0.854 bits per heavy atom. The minimum atomic E-state index is -1.72. The number of guanidine groups is 2. The number of aliphatic imine (C=N–C) groups is 2. The molecule has 0 unspecified atom stereocenters. The van der Waals surface area contributed by atoms with Crippen LogP contribution in [0.2, 0.25) is 0 Å². The Bertz CT molecular complexity index is 1040. The summed E-state index contributed by atoms with van der Waals surface area (Å²) >= 11 is 0. The van der Waals surface area contributed by atoms with Crippen LogP contribution in [0.1, 0.15) is 69.8 Å². The van der Waals surface area contributed by atoms with Crippen LogP contribution in [0.4, 0.5) is 0 Å². The first-order chi connectivity index (χ1) is 19.4. The number of nitrogens with two attached hydrogens (primary N) is 5. The van der Waals surface area contributed by atoms with E-state index in [0.717, 1.165) is 32.1 Å². The Hall–Kier alpha value is -4.20. The Balaban J connectivity index is 2.94. The standard InChI is InChI=1S/C27H44N8O6/c28-20(17-21(36)37)23(39)35-27(14-10-16-34-26(31)32,18-19-11-6-5-7-12-19)24(40)41-22(38)13-8-3-1-2-4-9-15-33-25(29)30/h5-7,11-12,20H,1-4,8-10,13-18,28H2,(H,35,39)(H,36,37)(H4,29,30,33)(H4,31,32,34)/t20-,27+/m0/s1. The number of esters is 2. The van der Waals surface area contributed by atoms with Gasteiger partial charge in [0.15, 0.2) is 11.9 Å². The van der Waals surface area contributed by atoms with Crippen molar-refractivity contribution in [2.75, 3.05) is 13.1 Å². The van der Waals surface area contributed by atoms with Crippen LogP contribution in [0, 0.1) is 0 Å². The van der Waals surface area contributed by atoms with Crippen molar-refractivity contribution in [1.29, 1.82) is 0 Å². The van der Waals surface area contributed by atoms with Crippen molar-refractivity contribution in [3.63, 3.8) is 0 Å². The summed E-state index contributed by atoms with van der Waals surface area (Å²) in [4.78, 5) is 58.0. The van der Waals surface area contributed by atoms with Gasteiger partial charge in [0.05, 0.1) is 12.5 Å².